The predicted octanol–water partition coefficient (Wildman–Crippen LogP) is 1.66. The van der Waals surface area contributed by atoms with E-state index < -0.39 is 0 Å². The first kappa shape index (κ1) is 11.2. The molecule has 0 spiro atoms. The lowest BCUT2D eigenvalue weighted by Gasteiger charge is -2.11. The molecule has 2 N–H and O–H groups in total. The highest BCUT2D eigenvalue weighted by molar-refractivity contribution is 5.37. The standard InChI is InChI=1S/C12H18N2O2/c1-16-12-4-2-3-11(14-12)13-8-9-5-6-10(15)7-9/h2-4,9-10,15H,5-8H2,1H3,(H,13,14). The maximum atomic E-state index is 9.42. The van der Waals surface area contributed by atoms with Gasteiger partial charge in [0.25, 0.3) is 0 Å². The molecular formula is C12H18N2O2. The van der Waals surface area contributed by atoms with Gasteiger partial charge in [0.05, 0.1) is 13.2 Å². The molecule has 88 valence electrons. The lowest BCUT2D eigenvalue weighted by molar-refractivity contribution is 0.178. The lowest BCUT2D eigenvalue weighted by Crippen LogP contribution is -2.13. The van der Waals surface area contributed by atoms with Crippen molar-refractivity contribution >= 4 is 5.82 Å². The van der Waals surface area contributed by atoms with Crippen molar-refractivity contribution in [2.24, 2.45) is 5.92 Å². The van der Waals surface area contributed by atoms with Gasteiger partial charge in [0, 0.05) is 12.6 Å². The number of aliphatic hydroxyl groups is 1. The Balaban J connectivity index is 1.84. The number of nitrogens with zero attached hydrogens (tertiary/aromatic N) is 1. The van der Waals surface area contributed by atoms with Crippen LogP contribution in [0.2, 0.25) is 0 Å². The summed E-state index contributed by atoms with van der Waals surface area (Å²) >= 11 is 0. The van der Waals surface area contributed by atoms with Crippen LogP contribution < -0.4 is 10.1 Å². The van der Waals surface area contributed by atoms with Crippen molar-refractivity contribution < 1.29 is 9.84 Å². The average Bonchev–Trinajstić information content (AvgIpc) is 2.73. The number of aromatic nitrogens is 1. The molecule has 2 unspecified atom stereocenters. The van der Waals surface area contributed by atoms with Crippen LogP contribution >= 0.6 is 0 Å². The van der Waals surface area contributed by atoms with Gasteiger partial charge in [0.15, 0.2) is 0 Å². The van der Waals surface area contributed by atoms with Crippen molar-refractivity contribution in [2.45, 2.75) is 25.4 Å². The fourth-order valence-electron chi connectivity index (χ4n) is 2.11. The summed E-state index contributed by atoms with van der Waals surface area (Å²) in [6.07, 6.45) is 2.82. The number of rotatable bonds is 4. The average molecular weight is 222 g/mol. The fraction of sp³-hybridized carbons (Fsp3) is 0.583. The highest BCUT2D eigenvalue weighted by atomic mass is 16.5. The first-order valence-electron chi connectivity index (χ1n) is 5.71. The van der Waals surface area contributed by atoms with Crippen molar-refractivity contribution in [1.29, 1.82) is 0 Å². The Morgan fingerprint density at radius 1 is 1.50 bits per heavy atom. The number of ether oxygens (including phenoxy) is 1. The van der Waals surface area contributed by atoms with Crippen LogP contribution in [-0.2, 0) is 0 Å². The third-order valence-corrected chi connectivity index (χ3v) is 3.02. The van der Waals surface area contributed by atoms with Gasteiger partial charge in [-0.3, -0.25) is 0 Å². The molecule has 2 atom stereocenters. The highest BCUT2D eigenvalue weighted by Crippen LogP contribution is 2.25. The smallest absolute Gasteiger partial charge is 0.214 e. The van der Waals surface area contributed by atoms with E-state index in [2.05, 4.69) is 10.3 Å². The number of hydrogen-bond donors (Lipinski definition) is 2. The molecule has 1 heterocycles. The fourth-order valence-corrected chi connectivity index (χ4v) is 2.11. The van der Waals surface area contributed by atoms with Crippen molar-refractivity contribution in [1.82, 2.24) is 4.98 Å². The molecule has 4 heteroatoms. The molecule has 16 heavy (non-hydrogen) atoms. The van der Waals surface area contributed by atoms with Crippen LogP contribution in [0.5, 0.6) is 5.88 Å². The summed E-state index contributed by atoms with van der Waals surface area (Å²) in [7, 11) is 1.61. The number of aliphatic hydroxyl groups excluding tert-OH is 1. The first-order chi connectivity index (χ1) is 7.78. The molecule has 0 saturated heterocycles. The molecule has 4 nitrogen and oxygen atoms in total. The quantitative estimate of drug-likeness (QED) is 0.813. The van der Waals surface area contributed by atoms with E-state index in [1.165, 1.54) is 0 Å². The van der Waals surface area contributed by atoms with E-state index in [9.17, 15) is 5.11 Å². The van der Waals surface area contributed by atoms with Gasteiger partial charge in [-0.05, 0) is 31.2 Å². The molecule has 1 aromatic heterocycles. The van der Waals surface area contributed by atoms with Gasteiger partial charge >= 0.3 is 0 Å². The van der Waals surface area contributed by atoms with Gasteiger partial charge < -0.3 is 15.2 Å². The zero-order chi connectivity index (χ0) is 11.4. The summed E-state index contributed by atoms with van der Waals surface area (Å²) in [6.45, 7) is 0.872. The van der Waals surface area contributed by atoms with Crippen LogP contribution in [0.1, 0.15) is 19.3 Å². The van der Waals surface area contributed by atoms with Gasteiger partial charge in [-0.2, -0.15) is 4.98 Å². The zero-order valence-electron chi connectivity index (χ0n) is 9.52. The highest BCUT2D eigenvalue weighted by Gasteiger charge is 2.22. The maximum absolute atomic E-state index is 9.42. The van der Waals surface area contributed by atoms with Crippen LogP contribution in [0.4, 0.5) is 5.82 Å². The molecule has 0 bridgehead atoms. The van der Waals surface area contributed by atoms with Crippen LogP contribution in [-0.4, -0.2) is 29.8 Å². The number of anilines is 1. The Kier molecular flexibility index (Phi) is 3.62. The number of hydrogen-bond acceptors (Lipinski definition) is 4. The molecule has 1 aromatic rings. The molecular weight excluding hydrogens is 204 g/mol. The van der Waals surface area contributed by atoms with E-state index in [4.69, 9.17) is 4.74 Å². The molecule has 0 amide bonds. The predicted molar refractivity (Wildman–Crippen MR) is 62.6 cm³/mol. The van der Waals surface area contributed by atoms with E-state index >= 15 is 0 Å². The molecule has 0 aliphatic heterocycles. The van der Waals surface area contributed by atoms with Crippen LogP contribution in [0.3, 0.4) is 0 Å². The van der Waals surface area contributed by atoms with E-state index in [0.29, 0.717) is 11.8 Å². The van der Waals surface area contributed by atoms with Crippen molar-refractivity contribution in [3.8, 4) is 5.88 Å². The normalized spacial score (nSPS) is 24.4. The third-order valence-electron chi connectivity index (χ3n) is 3.02. The van der Waals surface area contributed by atoms with Crippen LogP contribution in [0, 0.1) is 5.92 Å². The molecule has 0 aromatic carbocycles. The molecule has 1 aliphatic rings. The minimum absolute atomic E-state index is 0.106. The second-order valence-corrected chi connectivity index (χ2v) is 4.28. The second kappa shape index (κ2) is 5.16. The summed E-state index contributed by atoms with van der Waals surface area (Å²) in [5, 5.41) is 12.7. The zero-order valence-corrected chi connectivity index (χ0v) is 9.52. The Morgan fingerprint density at radius 2 is 2.38 bits per heavy atom. The Morgan fingerprint density at radius 3 is 3.06 bits per heavy atom. The second-order valence-electron chi connectivity index (χ2n) is 4.28. The third kappa shape index (κ3) is 2.85. The Bertz CT molecular complexity index is 344. The number of pyridine rings is 1. The minimum atomic E-state index is -0.106. The molecule has 1 aliphatic carbocycles. The Labute approximate surface area is 95.7 Å². The van der Waals surface area contributed by atoms with E-state index in [1.807, 2.05) is 18.2 Å². The first-order valence-corrected chi connectivity index (χ1v) is 5.71. The Hall–Kier alpha value is -1.29. The van der Waals surface area contributed by atoms with Crippen LogP contribution in [0.25, 0.3) is 0 Å². The largest absolute Gasteiger partial charge is 0.481 e. The van der Waals surface area contributed by atoms with E-state index in [-0.39, 0.29) is 6.10 Å². The monoisotopic (exact) mass is 222 g/mol. The van der Waals surface area contributed by atoms with Gasteiger partial charge in [-0.25, -0.2) is 0 Å². The van der Waals surface area contributed by atoms with Gasteiger partial charge in [-0.15, -0.1) is 0 Å². The molecule has 1 fully saturated rings. The van der Waals surface area contributed by atoms with E-state index in [1.54, 1.807) is 7.11 Å². The topological polar surface area (TPSA) is 54.4 Å². The number of methoxy groups -OCH3 is 1. The summed E-state index contributed by atoms with van der Waals surface area (Å²) in [5.41, 5.74) is 0. The molecule has 1 saturated carbocycles. The van der Waals surface area contributed by atoms with Crippen molar-refractivity contribution in [3.63, 3.8) is 0 Å². The molecule has 0 radical (unpaired) electrons. The van der Waals surface area contributed by atoms with Crippen molar-refractivity contribution in [2.75, 3.05) is 19.0 Å². The summed E-state index contributed by atoms with van der Waals surface area (Å²) in [6, 6.07) is 5.66. The summed E-state index contributed by atoms with van der Waals surface area (Å²) in [5.74, 6) is 2.01. The SMILES string of the molecule is COc1cccc(NCC2CCC(O)C2)n1. The summed E-state index contributed by atoms with van der Waals surface area (Å²) in [4.78, 5) is 4.28. The molecule has 2 rings (SSSR count). The van der Waals surface area contributed by atoms with Gasteiger partial charge in [0.2, 0.25) is 5.88 Å². The van der Waals surface area contributed by atoms with Gasteiger partial charge in [-0.1, -0.05) is 6.07 Å². The maximum Gasteiger partial charge on any atom is 0.214 e. The van der Waals surface area contributed by atoms with Crippen LogP contribution in [0.15, 0.2) is 18.2 Å². The number of nitrogens with one attached hydrogen (secondary N) is 1. The van der Waals surface area contributed by atoms with Gasteiger partial charge in [0.1, 0.15) is 5.82 Å². The minimum Gasteiger partial charge on any atom is -0.481 e. The van der Waals surface area contributed by atoms with Crippen molar-refractivity contribution in [3.05, 3.63) is 18.2 Å². The lowest BCUT2D eigenvalue weighted by atomic mass is 10.1. The van der Waals surface area contributed by atoms with E-state index in [0.717, 1.165) is 31.6 Å². The summed E-state index contributed by atoms with van der Waals surface area (Å²) < 4.78 is 5.05.